The van der Waals surface area contributed by atoms with Gasteiger partial charge in [0.1, 0.15) is 11.9 Å². The third kappa shape index (κ3) is 2.71. The van der Waals surface area contributed by atoms with E-state index in [1.165, 1.54) is 12.1 Å². The minimum Gasteiger partial charge on any atom is -0.358 e. The first-order chi connectivity index (χ1) is 9.04. The second-order valence-corrected chi connectivity index (χ2v) is 5.01. The molecule has 1 aromatic rings. The Morgan fingerprint density at radius 3 is 2.58 bits per heavy atom. The summed E-state index contributed by atoms with van der Waals surface area (Å²) in [6, 6.07) is 6.02. The first kappa shape index (κ1) is 13.8. The zero-order chi connectivity index (χ0) is 14.0. The number of carbonyl (C=O) groups excluding carboxylic acids is 1. The van der Waals surface area contributed by atoms with Gasteiger partial charge in [0.25, 0.3) is 0 Å². The quantitative estimate of drug-likeness (QED) is 0.874. The lowest BCUT2D eigenvalue weighted by Crippen LogP contribution is -2.50. The average Bonchev–Trinajstić information content (AvgIpc) is 2.52. The van der Waals surface area contributed by atoms with Crippen molar-refractivity contribution in [2.75, 3.05) is 25.0 Å². The highest BCUT2D eigenvalue weighted by Gasteiger charge is 2.33. The van der Waals surface area contributed by atoms with Crippen molar-refractivity contribution in [1.29, 1.82) is 0 Å². The van der Waals surface area contributed by atoms with E-state index in [0.717, 1.165) is 18.7 Å². The fourth-order valence-electron chi connectivity index (χ4n) is 2.43. The normalized spacial score (nSPS) is 24.5. The van der Waals surface area contributed by atoms with Crippen LogP contribution in [0.2, 0.25) is 0 Å². The Kier molecular flexibility index (Phi) is 4.04. The van der Waals surface area contributed by atoms with Crippen LogP contribution < -0.4 is 10.6 Å². The fourth-order valence-corrected chi connectivity index (χ4v) is 2.43. The lowest BCUT2D eigenvalue weighted by molar-refractivity contribution is -0.132. The Morgan fingerprint density at radius 2 is 2.00 bits per heavy atom. The van der Waals surface area contributed by atoms with Gasteiger partial charge in [-0.05, 0) is 37.6 Å². The molecule has 0 bridgehead atoms. The molecule has 2 unspecified atom stereocenters. The lowest BCUT2D eigenvalue weighted by Gasteiger charge is -2.31. The highest BCUT2D eigenvalue weighted by Crippen LogP contribution is 2.22. The molecular weight excluding hydrogens is 245 g/mol. The van der Waals surface area contributed by atoms with Gasteiger partial charge in [-0.3, -0.25) is 4.79 Å². The third-order valence-corrected chi connectivity index (χ3v) is 3.84. The fraction of sp³-hybridized carbons (Fsp3) is 0.500. The van der Waals surface area contributed by atoms with Gasteiger partial charge in [0.05, 0.1) is 0 Å². The van der Waals surface area contributed by atoms with Gasteiger partial charge in [0, 0.05) is 31.9 Å². The molecule has 5 heteroatoms. The summed E-state index contributed by atoms with van der Waals surface area (Å²) in [5, 5.41) is 0. The minimum absolute atomic E-state index is 0.0248. The van der Waals surface area contributed by atoms with Crippen LogP contribution in [0.3, 0.4) is 0 Å². The van der Waals surface area contributed by atoms with Crippen molar-refractivity contribution in [2.24, 2.45) is 5.73 Å². The third-order valence-electron chi connectivity index (χ3n) is 3.84. The van der Waals surface area contributed by atoms with Crippen LogP contribution in [-0.4, -0.2) is 43.0 Å². The molecule has 0 aliphatic carbocycles. The molecule has 2 N–H and O–H groups in total. The van der Waals surface area contributed by atoms with E-state index in [4.69, 9.17) is 5.73 Å². The van der Waals surface area contributed by atoms with Crippen molar-refractivity contribution in [3.63, 3.8) is 0 Å². The Bertz CT molecular complexity index is 449. The molecule has 0 radical (unpaired) electrons. The number of anilines is 1. The molecule has 104 valence electrons. The molecule has 0 spiro atoms. The number of hydrogen-bond donors (Lipinski definition) is 1. The van der Waals surface area contributed by atoms with Gasteiger partial charge >= 0.3 is 0 Å². The molecule has 1 heterocycles. The summed E-state index contributed by atoms with van der Waals surface area (Å²) >= 11 is 0. The van der Waals surface area contributed by atoms with Crippen LogP contribution in [0.5, 0.6) is 0 Å². The Hall–Kier alpha value is -1.62. The van der Waals surface area contributed by atoms with E-state index in [1.807, 2.05) is 18.9 Å². The van der Waals surface area contributed by atoms with E-state index in [-0.39, 0.29) is 30.4 Å². The molecular formula is C14H20FN3O. The van der Waals surface area contributed by atoms with Crippen LogP contribution in [-0.2, 0) is 4.79 Å². The van der Waals surface area contributed by atoms with Crippen LogP contribution in [0.15, 0.2) is 24.3 Å². The maximum absolute atomic E-state index is 13.0. The molecule has 1 aliphatic rings. The Labute approximate surface area is 113 Å². The second kappa shape index (κ2) is 5.57. The molecule has 2 rings (SSSR count). The van der Waals surface area contributed by atoms with Crippen LogP contribution >= 0.6 is 0 Å². The van der Waals surface area contributed by atoms with E-state index < -0.39 is 0 Å². The van der Waals surface area contributed by atoms with E-state index in [1.54, 1.807) is 17.0 Å². The first-order valence-corrected chi connectivity index (χ1v) is 6.53. The SMILES string of the molecule is CC1CCN(c2ccc(F)cc2)C(CN)C(=O)N1C. The highest BCUT2D eigenvalue weighted by atomic mass is 19.1. The largest absolute Gasteiger partial charge is 0.358 e. The number of carbonyl (C=O) groups is 1. The molecule has 0 saturated carbocycles. The molecule has 4 nitrogen and oxygen atoms in total. The zero-order valence-electron chi connectivity index (χ0n) is 11.3. The standard InChI is InChI=1S/C14H20FN3O/c1-10-7-8-18(12-5-3-11(15)4-6-12)13(9-16)14(19)17(10)2/h3-6,10,13H,7-9,16H2,1-2H3. The lowest BCUT2D eigenvalue weighted by atomic mass is 10.2. The van der Waals surface area contributed by atoms with Crippen molar-refractivity contribution < 1.29 is 9.18 Å². The smallest absolute Gasteiger partial charge is 0.246 e. The molecule has 19 heavy (non-hydrogen) atoms. The number of likely N-dealkylation sites (N-methyl/N-ethyl adjacent to an activating group) is 1. The molecule has 0 aromatic heterocycles. The van der Waals surface area contributed by atoms with Gasteiger partial charge in [-0.1, -0.05) is 0 Å². The number of benzene rings is 1. The predicted octanol–water partition coefficient (Wildman–Crippen LogP) is 1.21. The van der Waals surface area contributed by atoms with Crippen molar-refractivity contribution in [3.8, 4) is 0 Å². The zero-order valence-corrected chi connectivity index (χ0v) is 11.3. The number of nitrogens with zero attached hydrogens (tertiary/aromatic N) is 2. The van der Waals surface area contributed by atoms with Gasteiger partial charge in [-0.25, -0.2) is 4.39 Å². The van der Waals surface area contributed by atoms with Gasteiger partial charge in [-0.2, -0.15) is 0 Å². The summed E-state index contributed by atoms with van der Waals surface area (Å²) in [5.41, 5.74) is 6.61. The summed E-state index contributed by atoms with van der Waals surface area (Å²) in [5.74, 6) is -0.253. The second-order valence-electron chi connectivity index (χ2n) is 5.01. The number of halogens is 1. The van der Waals surface area contributed by atoms with Gasteiger partial charge < -0.3 is 15.5 Å². The van der Waals surface area contributed by atoms with Crippen LogP contribution in [0.25, 0.3) is 0 Å². The van der Waals surface area contributed by atoms with Crippen molar-refractivity contribution in [1.82, 2.24) is 4.90 Å². The molecule has 1 amide bonds. The summed E-state index contributed by atoms with van der Waals surface area (Å²) in [7, 11) is 1.81. The maximum atomic E-state index is 13.0. The number of hydrogen-bond acceptors (Lipinski definition) is 3. The summed E-state index contributed by atoms with van der Waals surface area (Å²) in [6.07, 6.45) is 0.871. The van der Waals surface area contributed by atoms with E-state index in [0.29, 0.717) is 0 Å². The molecule has 1 aliphatic heterocycles. The van der Waals surface area contributed by atoms with Crippen LogP contribution in [0, 0.1) is 5.82 Å². The Morgan fingerprint density at radius 1 is 1.37 bits per heavy atom. The number of nitrogens with two attached hydrogens (primary N) is 1. The van der Waals surface area contributed by atoms with E-state index >= 15 is 0 Å². The summed E-state index contributed by atoms with van der Waals surface area (Å²) < 4.78 is 13.0. The monoisotopic (exact) mass is 265 g/mol. The number of rotatable bonds is 2. The van der Waals surface area contributed by atoms with E-state index in [9.17, 15) is 9.18 Å². The van der Waals surface area contributed by atoms with Crippen LogP contribution in [0.4, 0.5) is 10.1 Å². The van der Waals surface area contributed by atoms with Gasteiger partial charge in [0.2, 0.25) is 5.91 Å². The highest BCUT2D eigenvalue weighted by molar-refractivity contribution is 5.86. The predicted molar refractivity (Wildman–Crippen MR) is 73.4 cm³/mol. The molecule has 1 aromatic carbocycles. The molecule has 2 atom stereocenters. The van der Waals surface area contributed by atoms with Crippen molar-refractivity contribution >= 4 is 11.6 Å². The maximum Gasteiger partial charge on any atom is 0.246 e. The molecule has 1 saturated heterocycles. The Balaban J connectivity index is 2.32. The minimum atomic E-state index is -0.375. The van der Waals surface area contributed by atoms with Crippen molar-refractivity contribution in [3.05, 3.63) is 30.1 Å². The molecule has 1 fully saturated rings. The van der Waals surface area contributed by atoms with Crippen LogP contribution in [0.1, 0.15) is 13.3 Å². The van der Waals surface area contributed by atoms with Gasteiger partial charge in [0.15, 0.2) is 0 Å². The van der Waals surface area contributed by atoms with Gasteiger partial charge in [-0.15, -0.1) is 0 Å². The van der Waals surface area contributed by atoms with Crippen molar-refractivity contribution in [2.45, 2.75) is 25.4 Å². The average molecular weight is 265 g/mol. The topological polar surface area (TPSA) is 49.6 Å². The number of amides is 1. The summed E-state index contributed by atoms with van der Waals surface area (Å²) in [6.45, 7) is 3.03. The van der Waals surface area contributed by atoms with E-state index in [2.05, 4.69) is 0 Å². The first-order valence-electron chi connectivity index (χ1n) is 6.53. The summed E-state index contributed by atoms with van der Waals surface area (Å²) in [4.78, 5) is 16.1.